The maximum absolute atomic E-state index is 13.7. The van der Waals surface area contributed by atoms with Gasteiger partial charge in [0, 0.05) is 17.1 Å². The molecule has 1 atom stereocenters. The van der Waals surface area contributed by atoms with Gasteiger partial charge in [-0.05, 0) is 40.6 Å². The Labute approximate surface area is 201 Å². The van der Waals surface area contributed by atoms with Gasteiger partial charge in [-0.1, -0.05) is 66.2 Å². The number of amides is 1. The number of benzene rings is 3. The van der Waals surface area contributed by atoms with Gasteiger partial charge >= 0.3 is 0 Å². The van der Waals surface area contributed by atoms with E-state index in [0.29, 0.717) is 22.0 Å². The summed E-state index contributed by atoms with van der Waals surface area (Å²) in [6.07, 6.45) is 0. The van der Waals surface area contributed by atoms with Crippen molar-refractivity contribution in [2.45, 2.75) is 17.5 Å². The highest BCUT2D eigenvalue weighted by molar-refractivity contribution is 7.89. The molecule has 1 aromatic heterocycles. The maximum atomic E-state index is 13.7. The summed E-state index contributed by atoms with van der Waals surface area (Å²) in [5.41, 5.74) is 7.56. The van der Waals surface area contributed by atoms with E-state index in [1.807, 2.05) is 0 Å². The summed E-state index contributed by atoms with van der Waals surface area (Å²) in [5.74, 6) is -0.344. The van der Waals surface area contributed by atoms with Crippen molar-refractivity contribution in [1.29, 1.82) is 0 Å². The molecule has 0 aliphatic carbocycles. The van der Waals surface area contributed by atoms with Crippen molar-refractivity contribution in [1.82, 2.24) is 24.5 Å². The third kappa shape index (κ3) is 4.98. The zero-order valence-electron chi connectivity index (χ0n) is 18.1. The molecule has 1 amide bonds. The lowest BCUT2D eigenvalue weighted by atomic mass is 10.1. The lowest BCUT2D eigenvalue weighted by Gasteiger charge is -2.29. The molecule has 2 N–H and O–H groups in total. The molecular formula is C23H21ClN6O3S. The number of rotatable bonds is 8. The summed E-state index contributed by atoms with van der Waals surface area (Å²) in [7, 11) is -2.47. The molecule has 4 rings (SSSR count). The second-order valence-corrected chi connectivity index (χ2v) is 9.85. The van der Waals surface area contributed by atoms with Gasteiger partial charge in [0.2, 0.25) is 21.8 Å². The molecular weight excluding hydrogens is 476 g/mol. The van der Waals surface area contributed by atoms with E-state index in [-0.39, 0.29) is 11.4 Å². The number of hydrogen-bond donors (Lipinski definition) is 1. The van der Waals surface area contributed by atoms with Crippen molar-refractivity contribution in [2.24, 2.45) is 12.8 Å². The van der Waals surface area contributed by atoms with E-state index >= 15 is 0 Å². The largest absolute Gasteiger partial charge is 0.368 e. The molecule has 11 heteroatoms. The van der Waals surface area contributed by atoms with Crippen molar-refractivity contribution in [3.05, 3.63) is 95.0 Å². The number of sulfonamides is 1. The van der Waals surface area contributed by atoms with E-state index in [2.05, 4.69) is 15.4 Å². The summed E-state index contributed by atoms with van der Waals surface area (Å²) in [6, 6.07) is 20.1. The molecule has 4 aromatic rings. The van der Waals surface area contributed by atoms with Crippen LogP contribution in [-0.2, 0) is 28.4 Å². The van der Waals surface area contributed by atoms with Gasteiger partial charge in [-0.2, -0.15) is 9.10 Å². The summed E-state index contributed by atoms with van der Waals surface area (Å²) >= 11 is 5.95. The van der Waals surface area contributed by atoms with E-state index in [1.165, 1.54) is 29.1 Å². The molecule has 1 heterocycles. The van der Waals surface area contributed by atoms with E-state index in [1.54, 1.807) is 61.6 Å². The van der Waals surface area contributed by atoms with Crippen molar-refractivity contribution in [2.75, 3.05) is 0 Å². The molecule has 0 saturated carbocycles. The number of tetrazole rings is 1. The van der Waals surface area contributed by atoms with Crippen LogP contribution in [0.25, 0.3) is 11.4 Å². The zero-order valence-corrected chi connectivity index (χ0v) is 19.7. The fourth-order valence-electron chi connectivity index (χ4n) is 3.50. The molecule has 0 aliphatic heterocycles. The van der Waals surface area contributed by atoms with Gasteiger partial charge in [0.25, 0.3) is 0 Å². The Bertz CT molecular complexity index is 1390. The van der Waals surface area contributed by atoms with Gasteiger partial charge in [-0.25, -0.2) is 8.42 Å². The quantitative estimate of drug-likeness (QED) is 0.400. The predicted molar refractivity (Wildman–Crippen MR) is 127 cm³/mol. The molecule has 0 radical (unpaired) electrons. The number of nitrogens with zero attached hydrogens (tertiary/aromatic N) is 5. The molecule has 0 bridgehead atoms. The van der Waals surface area contributed by atoms with E-state index < -0.39 is 22.0 Å². The minimum atomic E-state index is -4.13. The number of aromatic nitrogens is 4. The Morgan fingerprint density at radius 2 is 1.68 bits per heavy atom. The predicted octanol–water partition coefficient (Wildman–Crippen LogP) is 2.95. The first-order valence-corrected chi connectivity index (χ1v) is 12.0. The normalized spacial score (nSPS) is 12.6. The number of carbonyl (C=O) groups is 1. The summed E-state index contributed by atoms with van der Waals surface area (Å²) in [5, 5.41) is 12.4. The average Bonchev–Trinajstić information content (AvgIpc) is 3.26. The highest BCUT2D eigenvalue weighted by atomic mass is 35.5. The van der Waals surface area contributed by atoms with E-state index in [0.717, 1.165) is 9.87 Å². The summed E-state index contributed by atoms with van der Waals surface area (Å²) in [6.45, 7) is -0.0956. The Morgan fingerprint density at radius 3 is 2.24 bits per heavy atom. The van der Waals surface area contributed by atoms with Gasteiger partial charge < -0.3 is 5.73 Å². The molecule has 174 valence electrons. The van der Waals surface area contributed by atoms with Crippen LogP contribution in [0.3, 0.4) is 0 Å². The van der Waals surface area contributed by atoms with Crippen LogP contribution in [0.15, 0.2) is 83.8 Å². The first-order chi connectivity index (χ1) is 16.3. The molecule has 0 aliphatic rings. The third-order valence-corrected chi connectivity index (χ3v) is 7.23. The first-order valence-electron chi connectivity index (χ1n) is 10.2. The molecule has 34 heavy (non-hydrogen) atoms. The van der Waals surface area contributed by atoms with Gasteiger partial charge in [0.15, 0.2) is 0 Å². The van der Waals surface area contributed by atoms with Crippen LogP contribution in [0.1, 0.15) is 17.2 Å². The smallest absolute Gasteiger partial charge is 0.244 e. The summed E-state index contributed by atoms with van der Waals surface area (Å²) < 4.78 is 28.5. The van der Waals surface area contributed by atoms with Crippen LogP contribution >= 0.6 is 11.6 Å². The van der Waals surface area contributed by atoms with Crippen LogP contribution in [0.2, 0.25) is 5.02 Å². The van der Waals surface area contributed by atoms with Gasteiger partial charge in [-0.3, -0.25) is 4.79 Å². The fourth-order valence-corrected chi connectivity index (χ4v) is 5.20. The molecule has 0 saturated heterocycles. The maximum Gasteiger partial charge on any atom is 0.244 e. The monoisotopic (exact) mass is 496 g/mol. The van der Waals surface area contributed by atoms with Crippen molar-refractivity contribution < 1.29 is 13.2 Å². The summed E-state index contributed by atoms with van der Waals surface area (Å²) in [4.78, 5) is 13.9. The molecule has 0 fully saturated rings. The number of hydrogen-bond acceptors (Lipinski definition) is 6. The van der Waals surface area contributed by atoms with Crippen LogP contribution in [0.4, 0.5) is 0 Å². The van der Waals surface area contributed by atoms with Gasteiger partial charge in [-0.15, -0.1) is 10.2 Å². The number of primary amides is 1. The highest BCUT2D eigenvalue weighted by Gasteiger charge is 2.36. The number of carbonyl (C=O) groups excluding carboxylic acids is 1. The number of nitrogens with two attached hydrogens (primary N) is 1. The van der Waals surface area contributed by atoms with Crippen LogP contribution in [0.5, 0.6) is 0 Å². The molecule has 3 aromatic carbocycles. The lowest BCUT2D eigenvalue weighted by Crippen LogP contribution is -2.41. The Morgan fingerprint density at radius 1 is 1.03 bits per heavy atom. The second-order valence-electron chi connectivity index (χ2n) is 7.52. The zero-order chi connectivity index (χ0) is 24.3. The fraction of sp³-hybridized carbons (Fsp3) is 0.130. The van der Waals surface area contributed by atoms with E-state index in [4.69, 9.17) is 17.3 Å². The number of aryl methyl sites for hydroxylation is 1. The van der Waals surface area contributed by atoms with Crippen molar-refractivity contribution in [3.63, 3.8) is 0 Å². The molecule has 0 spiro atoms. The van der Waals surface area contributed by atoms with Crippen molar-refractivity contribution in [3.8, 4) is 11.4 Å². The molecule has 9 nitrogen and oxygen atoms in total. The minimum absolute atomic E-state index is 0.000499. The van der Waals surface area contributed by atoms with Crippen LogP contribution in [-0.4, -0.2) is 38.8 Å². The standard InChI is InChI=1S/C23H21ClN6O3S/c1-29-27-23(26-28-29)18-9-7-16(8-10-18)15-30(21(22(25)31)17-5-3-2-4-6-17)34(32,33)20-13-11-19(24)12-14-20/h2-14,21H,15H2,1H3,(H2,25,31)/t21-/m1/s1. The van der Waals surface area contributed by atoms with Crippen LogP contribution < -0.4 is 5.73 Å². The minimum Gasteiger partial charge on any atom is -0.368 e. The highest BCUT2D eigenvalue weighted by Crippen LogP contribution is 2.30. The third-order valence-electron chi connectivity index (χ3n) is 5.15. The molecule has 0 unspecified atom stereocenters. The Kier molecular flexibility index (Phi) is 6.73. The van der Waals surface area contributed by atoms with Gasteiger partial charge in [0.05, 0.1) is 11.9 Å². The Balaban J connectivity index is 1.76. The average molecular weight is 497 g/mol. The topological polar surface area (TPSA) is 124 Å². The van der Waals surface area contributed by atoms with E-state index in [9.17, 15) is 13.2 Å². The van der Waals surface area contributed by atoms with Crippen LogP contribution in [0, 0.1) is 0 Å². The SMILES string of the molecule is Cn1nnc(-c2ccc(CN([C@@H](C(N)=O)c3ccccc3)S(=O)(=O)c3ccc(Cl)cc3)cc2)n1. The van der Waals surface area contributed by atoms with Gasteiger partial charge in [0.1, 0.15) is 6.04 Å². The second kappa shape index (κ2) is 9.72. The first kappa shape index (κ1) is 23.6. The Hall–Kier alpha value is -3.60. The lowest BCUT2D eigenvalue weighted by molar-refractivity contribution is -0.122. The number of halogens is 1. The van der Waals surface area contributed by atoms with Crippen molar-refractivity contribution >= 4 is 27.5 Å².